The fourth-order valence-electron chi connectivity index (χ4n) is 2.51. The summed E-state index contributed by atoms with van der Waals surface area (Å²) in [5.74, 6) is 1.11. The molecule has 0 atom stereocenters. The highest BCUT2D eigenvalue weighted by Gasteiger charge is 2.23. The molecule has 0 spiro atoms. The monoisotopic (exact) mass is 338 g/mol. The van der Waals surface area contributed by atoms with E-state index in [9.17, 15) is 8.42 Å². The molecule has 0 amide bonds. The van der Waals surface area contributed by atoms with Gasteiger partial charge in [-0.05, 0) is 36.3 Å². The number of piperidine rings is 1. The summed E-state index contributed by atoms with van der Waals surface area (Å²) in [6.07, 6.45) is 5.35. The smallest absolute Gasteiger partial charge is 0.250 e. The van der Waals surface area contributed by atoms with Gasteiger partial charge < -0.3 is 4.90 Å². The number of nitrogens with one attached hydrogen (secondary N) is 1. The zero-order valence-electron chi connectivity index (χ0n) is 12.1. The van der Waals surface area contributed by atoms with Gasteiger partial charge in [-0.1, -0.05) is 6.07 Å². The number of rotatable bonds is 5. The summed E-state index contributed by atoms with van der Waals surface area (Å²) in [4.78, 5) is 10.6. The van der Waals surface area contributed by atoms with Gasteiger partial charge in [-0.2, -0.15) is 0 Å². The van der Waals surface area contributed by atoms with Crippen molar-refractivity contribution < 1.29 is 8.42 Å². The molecule has 6 nitrogen and oxygen atoms in total. The van der Waals surface area contributed by atoms with Crippen LogP contribution in [-0.2, 0) is 10.0 Å². The standard InChI is InChI=1S/C14H18N4O2S2/c19-22(20,13-3-1-10-21-13)17-11-12-4-8-18(9-5-12)14-15-6-2-7-16-14/h1-3,6-7,10,12,17H,4-5,8-9,11H2. The molecule has 0 radical (unpaired) electrons. The summed E-state index contributed by atoms with van der Waals surface area (Å²) >= 11 is 1.24. The van der Waals surface area contributed by atoms with Crippen LogP contribution in [0.15, 0.2) is 40.2 Å². The molecule has 0 aromatic carbocycles. The van der Waals surface area contributed by atoms with Gasteiger partial charge >= 0.3 is 0 Å². The third-order valence-electron chi connectivity index (χ3n) is 3.77. The van der Waals surface area contributed by atoms with Crippen molar-refractivity contribution in [1.29, 1.82) is 0 Å². The Labute approximate surface area is 134 Å². The molecular formula is C14H18N4O2S2. The molecule has 1 N–H and O–H groups in total. The van der Waals surface area contributed by atoms with Gasteiger partial charge in [-0.25, -0.2) is 23.1 Å². The first kappa shape index (κ1) is 15.4. The molecular weight excluding hydrogens is 320 g/mol. The summed E-state index contributed by atoms with van der Waals surface area (Å²) in [5.41, 5.74) is 0. The molecule has 118 valence electrons. The fraction of sp³-hybridized carbons (Fsp3) is 0.429. The van der Waals surface area contributed by atoms with E-state index >= 15 is 0 Å². The Morgan fingerprint density at radius 2 is 1.95 bits per heavy atom. The number of aromatic nitrogens is 2. The van der Waals surface area contributed by atoms with Crippen molar-refractivity contribution in [2.45, 2.75) is 17.1 Å². The van der Waals surface area contributed by atoms with Gasteiger partial charge in [0.25, 0.3) is 0 Å². The van der Waals surface area contributed by atoms with Crippen molar-refractivity contribution in [1.82, 2.24) is 14.7 Å². The van der Waals surface area contributed by atoms with E-state index in [1.165, 1.54) is 11.3 Å². The predicted octanol–water partition coefficient (Wildman–Crippen LogP) is 1.73. The van der Waals surface area contributed by atoms with E-state index in [0.717, 1.165) is 31.9 Å². The van der Waals surface area contributed by atoms with Crippen LogP contribution in [0.4, 0.5) is 5.95 Å². The summed E-state index contributed by atoms with van der Waals surface area (Å²) in [5, 5.41) is 1.77. The number of anilines is 1. The molecule has 3 heterocycles. The summed E-state index contributed by atoms with van der Waals surface area (Å²) in [6.45, 7) is 2.20. The summed E-state index contributed by atoms with van der Waals surface area (Å²) < 4.78 is 27.3. The summed E-state index contributed by atoms with van der Waals surface area (Å²) in [7, 11) is -3.35. The van der Waals surface area contributed by atoms with E-state index in [1.807, 2.05) is 0 Å². The molecule has 2 aromatic heterocycles. The van der Waals surface area contributed by atoms with Crippen LogP contribution in [0.5, 0.6) is 0 Å². The van der Waals surface area contributed by atoms with Crippen molar-refractivity contribution in [2.24, 2.45) is 5.92 Å². The van der Waals surface area contributed by atoms with Crippen molar-refractivity contribution in [3.05, 3.63) is 36.0 Å². The molecule has 1 aliphatic heterocycles. The zero-order chi connectivity index (χ0) is 15.4. The maximum atomic E-state index is 12.1. The van der Waals surface area contributed by atoms with E-state index in [1.54, 1.807) is 36.0 Å². The minimum atomic E-state index is -3.35. The van der Waals surface area contributed by atoms with Crippen molar-refractivity contribution in [3.63, 3.8) is 0 Å². The quantitative estimate of drug-likeness (QED) is 0.899. The van der Waals surface area contributed by atoms with Crippen LogP contribution in [0.3, 0.4) is 0 Å². The molecule has 3 rings (SSSR count). The molecule has 0 saturated carbocycles. The second-order valence-corrected chi connectivity index (χ2v) is 8.20. The lowest BCUT2D eigenvalue weighted by Gasteiger charge is -2.31. The average molecular weight is 338 g/mol. The first-order valence-corrected chi connectivity index (χ1v) is 9.56. The molecule has 22 heavy (non-hydrogen) atoms. The van der Waals surface area contributed by atoms with E-state index < -0.39 is 10.0 Å². The maximum Gasteiger partial charge on any atom is 0.250 e. The molecule has 1 saturated heterocycles. The van der Waals surface area contributed by atoms with E-state index in [-0.39, 0.29) is 0 Å². The van der Waals surface area contributed by atoms with Gasteiger partial charge in [0.15, 0.2) is 0 Å². The van der Waals surface area contributed by atoms with E-state index in [4.69, 9.17) is 0 Å². The highest BCUT2D eigenvalue weighted by atomic mass is 32.2. The molecule has 0 bridgehead atoms. The van der Waals surface area contributed by atoms with Gasteiger partial charge in [0.1, 0.15) is 4.21 Å². The third-order valence-corrected chi connectivity index (χ3v) is 6.59. The molecule has 1 fully saturated rings. The average Bonchev–Trinajstić information content (AvgIpc) is 3.10. The largest absolute Gasteiger partial charge is 0.341 e. The van der Waals surface area contributed by atoms with Crippen LogP contribution >= 0.6 is 11.3 Å². The molecule has 0 unspecified atom stereocenters. The second-order valence-electron chi connectivity index (χ2n) is 5.26. The SMILES string of the molecule is O=S(=O)(NCC1CCN(c2ncccn2)CC1)c1cccs1. The highest BCUT2D eigenvalue weighted by molar-refractivity contribution is 7.91. The lowest BCUT2D eigenvalue weighted by Crippen LogP contribution is -2.39. The van der Waals surface area contributed by atoms with Crippen LogP contribution in [-0.4, -0.2) is 38.0 Å². The lowest BCUT2D eigenvalue weighted by molar-refractivity contribution is 0.399. The van der Waals surface area contributed by atoms with Gasteiger partial charge in [0, 0.05) is 32.0 Å². The number of hydrogen-bond donors (Lipinski definition) is 1. The Hall–Kier alpha value is -1.51. The number of thiophene rings is 1. The lowest BCUT2D eigenvalue weighted by atomic mass is 9.97. The number of sulfonamides is 1. The first-order valence-electron chi connectivity index (χ1n) is 7.20. The Morgan fingerprint density at radius 1 is 1.23 bits per heavy atom. The van der Waals surface area contributed by atoms with Crippen molar-refractivity contribution in [2.75, 3.05) is 24.5 Å². The number of hydrogen-bond acceptors (Lipinski definition) is 6. The molecule has 1 aliphatic rings. The van der Waals surface area contributed by atoms with Crippen LogP contribution in [0.25, 0.3) is 0 Å². The molecule has 8 heteroatoms. The Morgan fingerprint density at radius 3 is 2.59 bits per heavy atom. The third kappa shape index (κ3) is 3.63. The van der Waals surface area contributed by atoms with Crippen LogP contribution in [0.2, 0.25) is 0 Å². The van der Waals surface area contributed by atoms with Gasteiger partial charge in [-0.3, -0.25) is 0 Å². The maximum absolute atomic E-state index is 12.1. The minimum Gasteiger partial charge on any atom is -0.341 e. The number of nitrogens with zero attached hydrogens (tertiary/aromatic N) is 3. The second kappa shape index (κ2) is 6.72. The van der Waals surface area contributed by atoms with E-state index in [2.05, 4.69) is 19.6 Å². The fourth-order valence-corrected chi connectivity index (χ4v) is 4.66. The molecule has 2 aromatic rings. The van der Waals surface area contributed by atoms with Gasteiger partial charge in [-0.15, -0.1) is 11.3 Å². The normalized spacial score (nSPS) is 16.8. The van der Waals surface area contributed by atoms with Gasteiger partial charge in [0.2, 0.25) is 16.0 Å². The van der Waals surface area contributed by atoms with Gasteiger partial charge in [0.05, 0.1) is 0 Å². The van der Waals surface area contributed by atoms with Crippen LogP contribution in [0.1, 0.15) is 12.8 Å². The van der Waals surface area contributed by atoms with Crippen LogP contribution in [0, 0.1) is 5.92 Å². The van der Waals surface area contributed by atoms with Crippen LogP contribution < -0.4 is 9.62 Å². The topological polar surface area (TPSA) is 75.2 Å². The Bertz CT molecular complexity index is 681. The first-order chi connectivity index (χ1) is 10.6. The molecule has 0 aliphatic carbocycles. The zero-order valence-corrected chi connectivity index (χ0v) is 13.7. The predicted molar refractivity (Wildman–Crippen MR) is 86.5 cm³/mol. The van der Waals surface area contributed by atoms with E-state index in [0.29, 0.717) is 16.7 Å². The highest BCUT2D eigenvalue weighted by Crippen LogP contribution is 2.21. The van der Waals surface area contributed by atoms with Crippen molar-refractivity contribution >= 4 is 27.3 Å². The minimum absolute atomic E-state index is 0.356. The Kier molecular flexibility index (Phi) is 4.70. The van der Waals surface area contributed by atoms with Crippen molar-refractivity contribution in [3.8, 4) is 0 Å². The summed E-state index contributed by atoms with van der Waals surface area (Å²) in [6, 6.07) is 5.18. The Balaban J connectivity index is 1.50.